The van der Waals surface area contributed by atoms with Crippen molar-refractivity contribution in [3.8, 4) is 0 Å². The Morgan fingerprint density at radius 2 is 1.57 bits per heavy atom. The molecule has 0 aliphatic carbocycles. The number of ether oxygens (including phenoxy) is 5. The fourth-order valence-electron chi connectivity index (χ4n) is 3.58. The van der Waals surface area contributed by atoms with Crippen LogP contribution in [-0.2, 0) is 39.9 Å². The smallest absolute Gasteiger partial charge is 0.338 e. The molecule has 1 aliphatic rings. The largest absolute Gasteiger partial charge is 0.459 e. The molecule has 11 heteroatoms. The van der Waals surface area contributed by atoms with E-state index in [9.17, 15) is 19.9 Å². The summed E-state index contributed by atoms with van der Waals surface area (Å²) >= 11 is 0. The lowest BCUT2D eigenvalue weighted by atomic mass is 9.96. The number of carbonyl (C=O) groups excluding carboxylic acids is 3. The van der Waals surface area contributed by atoms with Crippen molar-refractivity contribution in [2.45, 2.75) is 51.1 Å². The molecule has 0 aromatic heterocycles. The predicted octanol–water partition coefficient (Wildman–Crippen LogP) is 3.33. The van der Waals surface area contributed by atoms with Gasteiger partial charge in [0.05, 0.1) is 12.2 Å². The van der Waals surface area contributed by atoms with Crippen molar-refractivity contribution < 1.29 is 38.1 Å². The summed E-state index contributed by atoms with van der Waals surface area (Å²) in [6.07, 6.45) is -4.72. The van der Waals surface area contributed by atoms with E-state index < -0.39 is 48.6 Å². The first kappa shape index (κ1) is 25.7. The van der Waals surface area contributed by atoms with E-state index in [0.29, 0.717) is 5.56 Å². The predicted molar refractivity (Wildman–Crippen MR) is 121 cm³/mol. The molecule has 0 bridgehead atoms. The van der Waals surface area contributed by atoms with E-state index in [1.165, 1.54) is 13.8 Å². The van der Waals surface area contributed by atoms with Gasteiger partial charge in [-0.05, 0) is 23.2 Å². The summed E-state index contributed by atoms with van der Waals surface area (Å²) in [6, 6.07) is 16.2. The lowest BCUT2D eigenvalue weighted by Crippen LogP contribution is -2.60. The Labute approximate surface area is 201 Å². The second-order valence-corrected chi connectivity index (χ2v) is 7.65. The van der Waals surface area contributed by atoms with Crippen LogP contribution in [0.2, 0.25) is 0 Å². The Kier molecular flexibility index (Phi) is 9.19. The fraction of sp³-hybridized carbons (Fsp3) is 0.375. The monoisotopic (exact) mass is 483 g/mol. The van der Waals surface area contributed by atoms with Gasteiger partial charge < -0.3 is 23.7 Å². The zero-order valence-corrected chi connectivity index (χ0v) is 19.2. The molecule has 5 atom stereocenters. The molecule has 11 nitrogen and oxygen atoms in total. The van der Waals surface area contributed by atoms with Gasteiger partial charge in [-0.15, -0.1) is 0 Å². The van der Waals surface area contributed by atoms with Crippen LogP contribution < -0.4 is 0 Å². The third kappa shape index (κ3) is 7.28. The van der Waals surface area contributed by atoms with Crippen molar-refractivity contribution in [2.24, 2.45) is 5.11 Å². The molecule has 0 spiro atoms. The fourth-order valence-corrected chi connectivity index (χ4v) is 3.58. The third-order valence-electron chi connectivity index (χ3n) is 5.06. The standard InChI is InChI=1S/C24H25N3O8/c1-15(28)33-21-19(14-32-23(30)18-11-7-4-8-12-18)35-24(34-16(2)29)22(20(21)26-27-25)31-13-17-9-5-3-6-10-17/h3-12,19-22,24H,13-14H2,1-2H3/t19?,20-,21-,22?,24-/m0/s1. The number of benzene rings is 2. The first-order valence-electron chi connectivity index (χ1n) is 10.8. The third-order valence-corrected chi connectivity index (χ3v) is 5.06. The maximum absolute atomic E-state index is 12.4. The van der Waals surface area contributed by atoms with Crippen LogP contribution >= 0.6 is 0 Å². The van der Waals surface area contributed by atoms with Crippen LogP contribution in [0.5, 0.6) is 0 Å². The maximum Gasteiger partial charge on any atom is 0.338 e. The van der Waals surface area contributed by atoms with Gasteiger partial charge in [-0.1, -0.05) is 53.6 Å². The molecule has 0 saturated carbocycles. The average Bonchev–Trinajstić information content (AvgIpc) is 2.84. The summed E-state index contributed by atoms with van der Waals surface area (Å²) < 4.78 is 27.9. The zero-order chi connectivity index (χ0) is 25.2. The van der Waals surface area contributed by atoms with Crippen molar-refractivity contribution in [2.75, 3.05) is 6.61 Å². The van der Waals surface area contributed by atoms with Gasteiger partial charge in [-0.2, -0.15) is 0 Å². The Hall–Kier alpha value is -3.92. The quantitative estimate of drug-likeness (QED) is 0.173. The van der Waals surface area contributed by atoms with Crippen LogP contribution in [0.15, 0.2) is 65.8 Å². The van der Waals surface area contributed by atoms with E-state index in [1.54, 1.807) is 30.3 Å². The number of hydrogen-bond acceptors (Lipinski definition) is 9. The summed E-state index contributed by atoms with van der Waals surface area (Å²) in [4.78, 5) is 38.9. The van der Waals surface area contributed by atoms with Crippen molar-refractivity contribution in [3.63, 3.8) is 0 Å². The van der Waals surface area contributed by atoms with E-state index >= 15 is 0 Å². The normalized spacial score (nSPS) is 23.4. The van der Waals surface area contributed by atoms with Crippen LogP contribution in [0.1, 0.15) is 29.8 Å². The highest BCUT2D eigenvalue weighted by atomic mass is 16.7. The first-order chi connectivity index (χ1) is 16.9. The zero-order valence-electron chi connectivity index (χ0n) is 19.2. The molecule has 1 fully saturated rings. The van der Waals surface area contributed by atoms with Gasteiger partial charge in [0, 0.05) is 18.8 Å². The van der Waals surface area contributed by atoms with E-state index in [2.05, 4.69) is 10.0 Å². The summed E-state index contributed by atoms with van der Waals surface area (Å²) in [5, 5.41) is 3.77. The highest BCUT2D eigenvalue weighted by Gasteiger charge is 2.50. The molecule has 0 N–H and O–H groups in total. The van der Waals surface area contributed by atoms with E-state index in [1.807, 2.05) is 30.3 Å². The van der Waals surface area contributed by atoms with E-state index in [-0.39, 0.29) is 13.2 Å². The molecular weight excluding hydrogens is 458 g/mol. The van der Waals surface area contributed by atoms with Gasteiger partial charge in [0.2, 0.25) is 6.29 Å². The molecule has 0 radical (unpaired) electrons. The molecule has 2 aromatic carbocycles. The van der Waals surface area contributed by atoms with E-state index in [0.717, 1.165) is 5.56 Å². The summed E-state index contributed by atoms with van der Waals surface area (Å²) in [7, 11) is 0. The topological polar surface area (TPSA) is 146 Å². The molecule has 2 unspecified atom stereocenters. The van der Waals surface area contributed by atoms with Crippen LogP contribution in [0.25, 0.3) is 10.4 Å². The van der Waals surface area contributed by atoms with Gasteiger partial charge in [0.25, 0.3) is 0 Å². The van der Waals surface area contributed by atoms with Crippen molar-refractivity contribution in [1.29, 1.82) is 0 Å². The van der Waals surface area contributed by atoms with Crippen molar-refractivity contribution in [3.05, 3.63) is 82.2 Å². The van der Waals surface area contributed by atoms with Gasteiger partial charge in [0.15, 0.2) is 0 Å². The number of carbonyl (C=O) groups is 3. The SMILES string of the molecule is CC(=O)O[C@H]1OC(COC(=O)c2ccccc2)[C@H](OC(C)=O)[C@H](N=[N+]=[N-])C1OCc1ccccc1. The Bertz CT molecular complexity index is 1060. The molecule has 184 valence electrons. The van der Waals surface area contributed by atoms with Crippen LogP contribution in [0.3, 0.4) is 0 Å². The van der Waals surface area contributed by atoms with Gasteiger partial charge in [-0.25, -0.2) is 4.79 Å². The molecule has 0 amide bonds. The summed E-state index contributed by atoms with van der Waals surface area (Å²) in [5.41, 5.74) is 10.3. The molecule has 1 aliphatic heterocycles. The second kappa shape index (κ2) is 12.5. The van der Waals surface area contributed by atoms with Crippen molar-refractivity contribution >= 4 is 17.9 Å². The highest BCUT2D eigenvalue weighted by molar-refractivity contribution is 5.89. The molecule has 2 aromatic rings. The van der Waals surface area contributed by atoms with Gasteiger partial charge in [-0.3, -0.25) is 9.59 Å². The number of azide groups is 1. The number of esters is 3. The molecule has 1 saturated heterocycles. The van der Waals surface area contributed by atoms with Gasteiger partial charge in [0.1, 0.15) is 31.0 Å². The van der Waals surface area contributed by atoms with Crippen molar-refractivity contribution in [1.82, 2.24) is 0 Å². The first-order valence-corrected chi connectivity index (χ1v) is 10.8. The van der Waals surface area contributed by atoms with Gasteiger partial charge >= 0.3 is 17.9 Å². The molecule has 1 heterocycles. The minimum atomic E-state index is -1.32. The van der Waals surface area contributed by atoms with Crippen LogP contribution in [-0.4, -0.2) is 55.2 Å². The second-order valence-electron chi connectivity index (χ2n) is 7.65. The lowest BCUT2D eigenvalue weighted by molar-refractivity contribution is -0.280. The number of hydrogen-bond donors (Lipinski definition) is 0. The number of nitrogens with zero attached hydrogens (tertiary/aromatic N) is 3. The van der Waals surface area contributed by atoms with Crippen LogP contribution in [0, 0.1) is 0 Å². The molecular formula is C24H25N3O8. The minimum Gasteiger partial charge on any atom is -0.459 e. The highest BCUT2D eigenvalue weighted by Crippen LogP contribution is 2.30. The van der Waals surface area contributed by atoms with Crippen LogP contribution in [0.4, 0.5) is 0 Å². The molecule has 3 rings (SSSR count). The number of rotatable bonds is 9. The summed E-state index contributed by atoms with van der Waals surface area (Å²) in [5.74, 6) is -1.99. The Balaban J connectivity index is 1.86. The maximum atomic E-state index is 12.4. The average molecular weight is 483 g/mol. The minimum absolute atomic E-state index is 0.0739. The summed E-state index contributed by atoms with van der Waals surface area (Å²) in [6.45, 7) is 2.07. The Morgan fingerprint density at radius 3 is 2.17 bits per heavy atom. The molecule has 35 heavy (non-hydrogen) atoms. The van der Waals surface area contributed by atoms with E-state index in [4.69, 9.17) is 23.7 Å². The Morgan fingerprint density at radius 1 is 0.943 bits per heavy atom. The lowest BCUT2D eigenvalue weighted by Gasteiger charge is -2.43.